The molecule has 2 unspecified atom stereocenters. The Labute approximate surface area is 78.7 Å². The summed E-state index contributed by atoms with van der Waals surface area (Å²) in [5.41, 5.74) is 4.50. The van der Waals surface area contributed by atoms with E-state index in [1.165, 1.54) is 19.9 Å². The second-order valence-electron chi connectivity index (χ2n) is 3.53. The van der Waals surface area contributed by atoms with E-state index in [1.54, 1.807) is 0 Å². The lowest BCUT2D eigenvalue weighted by atomic mass is 10.0. The molecule has 1 heteroatoms. The first-order valence-electron chi connectivity index (χ1n) is 5.28. The SMILES string of the molecule is CC.CC1CC(C)C(C)C1.CN. The summed E-state index contributed by atoms with van der Waals surface area (Å²) in [6, 6.07) is 0. The highest BCUT2D eigenvalue weighted by atomic mass is 14.4. The van der Waals surface area contributed by atoms with Gasteiger partial charge in [0.2, 0.25) is 0 Å². The summed E-state index contributed by atoms with van der Waals surface area (Å²) in [7, 11) is 1.50. The van der Waals surface area contributed by atoms with Crippen LogP contribution in [0.25, 0.3) is 0 Å². The van der Waals surface area contributed by atoms with Crippen molar-refractivity contribution in [3.8, 4) is 0 Å². The Hall–Kier alpha value is -0.0400. The fraction of sp³-hybridized carbons (Fsp3) is 1.00. The van der Waals surface area contributed by atoms with Crippen LogP contribution < -0.4 is 5.73 Å². The van der Waals surface area contributed by atoms with E-state index in [1.807, 2.05) is 13.8 Å². The van der Waals surface area contributed by atoms with Crippen molar-refractivity contribution in [2.75, 3.05) is 7.05 Å². The van der Waals surface area contributed by atoms with E-state index in [-0.39, 0.29) is 0 Å². The lowest BCUT2D eigenvalue weighted by Gasteiger charge is -2.04. The van der Waals surface area contributed by atoms with Crippen LogP contribution >= 0.6 is 0 Å². The van der Waals surface area contributed by atoms with Crippen LogP contribution in [0.5, 0.6) is 0 Å². The molecule has 1 saturated carbocycles. The Balaban J connectivity index is 0. The average Bonchev–Trinajstić information content (AvgIpc) is 2.37. The van der Waals surface area contributed by atoms with Gasteiger partial charge < -0.3 is 5.73 Å². The highest BCUT2D eigenvalue weighted by molar-refractivity contribution is 4.74. The van der Waals surface area contributed by atoms with Crippen LogP contribution in [0.2, 0.25) is 0 Å². The van der Waals surface area contributed by atoms with E-state index in [9.17, 15) is 0 Å². The minimum atomic E-state index is 0.991. The number of hydrogen-bond acceptors (Lipinski definition) is 1. The molecule has 0 aromatic carbocycles. The number of nitrogens with two attached hydrogens (primary N) is 1. The van der Waals surface area contributed by atoms with Gasteiger partial charge in [-0.3, -0.25) is 0 Å². The van der Waals surface area contributed by atoms with Crippen LogP contribution in [0.4, 0.5) is 0 Å². The van der Waals surface area contributed by atoms with Crippen molar-refractivity contribution < 1.29 is 0 Å². The summed E-state index contributed by atoms with van der Waals surface area (Å²) in [5.74, 6) is 2.98. The molecule has 2 atom stereocenters. The molecule has 12 heavy (non-hydrogen) atoms. The third-order valence-corrected chi connectivity index (χ3v) is 2.52. The molecule has 0 aromatic heterocycles. The van der Waals surface area contributed by atoms with Crippen molar-refractivity contribution in [3.05, 3.63) is 0 Å². The van der Waals surface area contributed by atoms with Gasteiger partial charge in [-0.1, -0.05) is 34.6 Å². The van der Waals surface area contributed by atoms with Crippen molar-refractivity contribution in [1.29, 1.82) is 0 Å². The fourth-order valence-electron chi connectivity index (χ4n) is 1.83. The maximum Gasteiger partial charge on any atom is -0.0195 e. The van der Waals surface area contributed by atoms with E-state index in [0.717, 1.165) is 17.8 Å². The number of rotatable bonds is 0. The summed E-state index contributed by atoms with van der Waals surface area (Å²) in [6.45, 7) is 11.1. The van der Waals surface area contributed by atoms with Crippen LogP contribution in [0.15, 0.2) is 0 Å². The molecule has 0 aliphatic heterocycles. The molecule has 0 aromatic rings. The van der Waals surface area contributed by atoms with Crippen LogP contribution in [0, 0.1) is 17.8 Å². The standard InChI is InChI=1S/C8H16.C2H6.CH5N/c1-6-4-7(2)8(3)5-6;2*1-2/h6-8H,4-5H2,1-3H3;1-2H3;2H2,1H3. The summed E-state index contributed by atoms with van der Waals surface area (Å²) in [6.07, 6.45) is 2.92. The van der Waals surface area contributed by atoms with Gasteiger partial charge in [0.1, 0.15) is 0 Å². The van der Waals surface area contributed by atoms with Gasteiger partial charge in [0.15, 0.2) is 0 Å². The molecule has 1 aliphatic rings. The Morgan fingerprint density at radius 1 is 0.833 bits per heavy atom. The minimum Gasteiger partial charge on any atom is -0.333 e. The molecule has 0 amide bonds. The predicted molar refractivity (Wildman–Crippen MR) is 58.2 cm³/mol. The normalized spacial score (nSPS) is 32.8. The predicted octanol–water partition coefficient (Wildman–Crippen LogP) is 3.29. The largest absolute Gasteiger partial charge is 0.333 e. The molecular formula is C11H27N. The summed E-state index contributed by atoms with van der Waals surface area (Å²) >= 11 is 0. The monoisotopic (exact) mass is 173 g/mol. The van der Waals surface area contributed by atoms with Gasteiger partial charge in [-0.25, -0.2) is 0 Å². The van der Waals surface area contributed by atoms with Crippen LogP contribution in [-0.2, 0) is 0 Å². The molecule has 0 saturated heterocycles. The Kier molecular flexibility index (Phi) is 10.9. The maximum absolute atomic E-state index is 4.50. The zero-order valence-corrected chi connectivity index (χ0v) is 9.72. The van der Waals surface area contributed by atoms with Crippen LogP contribution in [-0.4, -0.2) is 7.05 Å². The van der Waals surface area contributed by atoms with Crippen molar-refractivity contribution in [2.45, 2.75) is 47.5 Å². The van der Waals surface area contributed by atoms with E-state index in [4.69, 9.17) is 0 Å². The summed E-state index contributed by atoms with van der Waals surface area (Å²) in [5, 5.41) is 0. The summed E-state index contributed by atoms with van der Waals surface area (Å²) < 4.78 is 0. The van der Waals surface area contributed by atoms with Gasteiger partial charge in [-0.15, -0.1) is 0 Å². The lowest BCUT2D eigenvalue weighted by Crippen LogP contribution is -1.95. The summed E-state index contributed by atoms with van der Waals surface area (Å²) in [4.78, 5) is 0. The molecule has 0 radical (unpaired) electrons. The third-order valence-electron chi connectivity index (χ3n) is 2.52. The topological polar surface area (TPSA) is 26.0 Å². The van der Waals surface area contributed by atoms with Gasteiger partial charge >= 0.3 is 0 Å². The Bertz CT molecular complexity index is 71.1. The first-order valence-corrected chi connectivity index (χ1v) is 5.28. The van der Waals surface area contributed by atoms with Gasteiger partial charge in [0.25, 0.3) is 0 Å². The molecule has 1 nitrogen and oxygen atoms in total. The first kappa shape index (κ1) is 14.5. The quantitative estimate of drug-likeness (QED) is 0.597. The lowest BCUT2D eigenvalue weighted by molar-refractivity contribution is 0.457. The van der Waals surface area contributed by atoms with Crippen molar-refractivity contribution in [3.63, 3.8) is 0 Å². The van der Waals surface area contributed by atoms with Gasteiger partial charge in [0.05, 0.1) is 0 Å². The van der Waals surface area contributed by atoms with E-state index in [0.29, 0.717) is 0 Å². The highest BCUT2D eigenvalue weighted by Gasteiger charge is 2.24. The van der Waals surface area contributed by atoms with Crippen molar-refractivity contribution >= 4 is 0 Å². The van der Waals surface area contributed by atoms with Gasteiger partial charge in [0, 0.05) is 0 Å². The highest BCUT2D eigenvalue weighted by Crippen LogP contribution is 2.34. The van der Waals surface area contributed by atoms with Crippen LogP contribution in [0.1, 0.15) is 47.5 Å². The average molecular weight is 173 g/mol. The van der Waals surface area contributed by atoms with Crippen LogP contribution in [0.3, 0.4) is 0 Å². The van der Waals surface area contributed by atoms with Crippen molar-refractivity contribution in [2.24, 2.45) is 23.5 Å². The maximum atomic E-state index is 4.50. The Morgan fingerprint density at radius 3 is 1.17 bits per heavy atom. The zero-order chi connectivity index (χ0) is 10.1. The molecule has 1 fully saturated rings. The second kappa shape index (κ2) is 9.05. The third kappa shape index (κ3) is 5.59. The molecular weight excluding hydrogens is 146 g/mol. The molecule has 2 N–H and O–H groups in total. The van der Waals surface area contributed by atoms with E-state index < -0.39 is 0 Å². The zero-order valence-electron chi connectivity index (χ0n) is 9.72. The molecule has 1 rings (SSSR count). The molecule has 0 bridgehead atoms. The molecule has 0 heterocycles. The molecule has 1 aliphatic carbocycles. The number of hydrogen-bond donors (Lipinski definition) is 1. The molecule has 0 spiro atoms. The van der Waals surface area contributed by atoms with Gasteiger partial charge in [-0.2, -0.15) is 0 Å². The fourth-order valence-corrected chi connectivity index (χ4v) is 1.83. The minimum absolute atomic E-state index is 0.991. The van der Waals surface area contributed by atoms with Crippen molar-refractivity contribution in [1.82, 2.24) is 0 Å². The smallest absolute Gasteiger partial charge is 0.0195 e. The Morgan fingerprint density at radius 2 is 1.08 bits per heavy atom. The second-order valence-corrected chi connectivity index (χ2v) is 3.53. The molecule has 76 valence electrons. The van der Waals surface area contributed by atoms with E-state index >= 15 is 0 Å². The van der Waals surface area contributed by atoms with E-state index in [2.05, 4.69) is 26.5 Å². The van der Waals surface area contributed by atoms with Gasteiger partial charge in [-0.05, 0) is 37.6 Å². The first-order chi connectivity index (χ1) is 5.70.